The summed E-state index contributed by atoms with van der Waals surface area (Å²) in [4.78, 5) is 50.1. The first kappa shape index (κ1) is 20.2. The van der Waals surface area contributed by atoms with Crippen molar-refractivity contribution >= 4 is 23.6 Å². The molecule has 9 heteroatoms. The molecular formula is C20H15F3N2O4. The Balaban J connectivity index is 1.77. The molecule has 0 bridgehead atoms. The largest absolute Gasteiger partial charge is 0.416 e. The van der Waals surface area contributed by atoms with Crippen LogP contribution in [0.3, 0.4) is 0 Å². The third kappa shape index (κ3) is 4.18. The molecule has 1 fully saturated rings. The van der Waals surface area contributed by atoms with E-state index < -0.39 is 48.5 Å². The van der Waals surface area contributed by atoms with Crippen LogP contribution in [0.15, 0.2) is 48.5 Å². The monoisotopic (exact) mass is 404 g/mol. The Bertz CT molecular complexity index is 1000. The fourth-order valence-corrected chi connectivity index (χ4v) is 2.83. The van der Waals surface area contributed by atoms with Crippen molar-refractivity contribution < 1.29 is 32.3 Å². The predicted octanol–water partition coefficient (Wildman–Crippen LogP) is 3.19. The zero-order valence-electron chi connectivity index (χ0n) is 15.2. The van der Waals surface area contributed by atoms with E-state index >= 15 is 0 Å². The van der Waals surface area contributed by atoms with Crippen molar-refractivity contribution in [1.29, 1.82) is 0 Å². The fraction of sp³-hybridized carbons (Fsp3) is 0.200. The maximum absolute atomic E-state index is 12.8. The Kier molecular flexibility index (Phi) is 5.23. The molecule has 6 nitrogen and oxygen atoms in total. The summed E-state index contributed by atoms with van der Waals surface area (Å²) in [6, 6.07) is 9.50. The Hall–Kier alpha value is -3.49. The number of amides is 4. The van der Waals surface area contributed by atoms with E-state index in [-0.39, 0.29) is 11.1 Å². The van der Waals surface area contributed by atoms with E-state index in [1.807, 2.05) is 6.92 Å². The maximum Gasteiger partial charge on any atom is 0.416 e. The molecule has 4 amide bonds. The normalized spacial score (nSPS) is 14.7. The minimum Gasteiger partial charge on any atom is -0.292 e. The SMILES string of the molecule is Cc1ccc(C(=O)CN2C(=O)C(=O)N(Cc3cccc(C(F)(F)F)c3)C2=O)cc1. The van der Waals surface area contributed by atoms with E-state index in [0.717, 1.165) is 23.8 Å². The fourth-order valence-electron chi connectivity index (χ4n) is 2.83. The maximum atomic E-state index is 12.8. The summed E-state index contributed by atoms with van der Waals surface area (Å²) in [5.41, 5.74) is 0.269. The quantitative estimate of drug-likeness (QED) is 0.436. The molecule has 2 aromatic rings. The Morgan fingerprint density at radius 1 is 0.931 bits per heavy atom. The zero-order chi connectivity index (χ0) is 21.3. The van der Waals surface area contributed by atoms with Crippen molar-refractivity contribution in [2.24, 2.45) is 0 Å². The molecule has 0 unspecified atom stereocenters. The molecule has 0 atom stereocenters. The molecule has 29 heavy (non-hydrogen) atoms. The number of nitrogens with zero attached hydrogens (tertiary/aromatic N) is 2. The molecule has 1 aliphatic rings. The summed E-state index contributed by atoms with van der Waals surface area (Å²) < 4.78 is 38.5. The van der Waals surface area contributed by atoms with Gasteiger partial charge < -0.3 is 0 Å². The third-order valence-corrected chi connectivity index (χ3v) is 4.41. The van der Waals surface area contributed by atoms with Gasteiger partial charge in [0.05, 0.1) is 18.7 Å². The first-order chi connectivity index (χ1) is 13.6. The van der Waals surface area contributed by atoms with Crippen LogP contribution in [-0.4, -0.2) is 40.0 Å². The van der Waals surface area contributed by atoms with Crippen molar-refractivity contribution in [3.05, 3.63) is 70.8 Å². The summed E-state index contributed by atoms with van der Waals surface area (Å²) >= 11 is 0. The number of Topliss-reactive ketones (excluding diaryl/α,β-unsaturated/α-hetero) is 1. The van der Waals surface area contributed by atoms with Gasteiger partial charge in [-0.2, -0.15) is 13.2 Å². The lowest BCUT2D eigenvalue weighted by Crippen LogP contribution is -2.36. The summed E-state index contributed by atoms with van der Waals surface area (Å²) in [6.45, 7) is 0.681. The van der Waals surface area contributed by atoms with E-state index in [1.165, 1.54) is 18.2 Å². The van der Waals surface area contributed by atoms with Crippen LogP contribution in [0.25, 0.3) is 0 Å². The highest BCUT2D eigenvalue weighted by Gasteiger charge is 2.45. The van der Waals surface area contributed by atoms with Gasteiger partial charge in [0.25, 0.3) is 0 Å². The number of benzene rings is 2. The van der Waals surface area contributed by atoms with E-state index in [0.29, 0.717) is 9.80 Å². The van der Waals surface area contributed by atoms with Gasteiger partial charge in [-0.05, 0) is 24.6 Å². The van der Waals surface area contributed by atoms with Crippen molar-refractivity contribution in [3.63, 3.8) is 0 Å². The minimum atomic E-state index is -4.59. The van der Waals surface area contributed by atoms with Crippen molar-refractivity contribution in [3.8, 4) is 0 Å². The molecule has 0 aromatic heterocycles. The molecule has 1 saturated heterocycles. The lowest BCUT2D eigenvalue weighted by molar-refractivity contribution is -0.143. The average molecular weight is 404 g/mol. The summed E-state index contributed by atoms with van der Waals surface area (Å²) in [7, 11) is 0. The van der Waals surface area contributed by atoms with Crippen LogP contribution in [0.4, 0.5) is 18.0 Å². The lowest BCUT2D eigenvalue weighted by atomic mass is 10.1. The number of alkyl halides is 3. The highest BCUT2D eigenvalue weighted by Crippen LogP contribution is 2.30. The molecule has 3 rings (SSSR count). The van der Waals surface area contributed by atoms with Gasteiger partial charge in [0, 0.05) is 5.56 Å². The smallest absolute Gasteiger partial charge is 0.292 e. The topological polar surface area (TPSA) is 74.8 Å². The first-order valence-corrected chi connectivity index (χ1v) is 8.51. The van der Waals surface area contributed by atoms with Gasteiger partial charge in [0.1, 0.15) is 0 Å². The van der Waals surface area contributed by atoms with Crippen LogP contribution in [0.2, 0.25) is 0 Å². The summed E-state index contributed by atoms with van der Waals surface area (Å²) in [5, 5.41) is 0. The number of aryl methyl sites for hydroxylation is 1. The second-order valence-corrected chi connectivity index (χ2v) is 6.55. The zero-order valence-corrected chi connectivity index (χ0v) is 15.2. The summed E-state index contributed by atoms with van der Waals surface area (Å²) in [6.07, 6.45) is -4.59. The van der Waals surface area contributed by atoms with Gasteiger partial charge in [0.2, 0.25) is 0 Å². The molecule has 1 aliphatic heterocycles. The van der Waals surface area contributed by atoms with Gasteiger partial charge in [-0.1, -0.05) is 42.0 Å². The van der Waals surface area contributed by atoms with Crippen LogP contribution < -0.4 is 0 Å². The molecule has 0 aliphatic carbocycles. The van der Waals surface area contributed by atoms with Gasteiger partial charge in [-0.3, -0.25) is 19.3 Å². The molecule has 0 N–H and O–H groups in total. The number of carbonyl (C=O) groups is 4. The molecule has 150 valence electrons. The molecule has 0 saturated carbocycles. The number of imide groups is 2. The Morgan fingerprint density at radius 2 is 1.55 bits per heavy atom. The average Bonchev–Trinajstić information content (AvgIpc) is 2.86. The molecule has 0 radical (unpaired) electrons. The number of carbonyl (C=O) groups excluding carboxylic acids is 4. The van der Waals surface area contributed by atoms with Crippen LogP contribution in [0.1, 0.15) is 27.0 Å². The van der Waals surface area contributed by atoms with Crippen molar-refractivity contribution in [2.75, 3.05) is 6.54 Å². The molecule has 2 aromatic carbocycles. The van der Waals surface area contributed by atoms with Crippen LogP contribution in [0.5, 0.6) is 0 Å². The standard InChI is InChI=1S/C20H15F3N2O4/c1-12-5-7-14(8-6-12)16(26)11-25-18(28)17(27)24(19(25)29)10-13-3-2-4-15(9-13)20(21,22)23/h2-9H,10-11H2,1H3. The van der Waals surface area contributed by atoms with E-state index in [1.54, 1.807) is 12.1 Å². The van der Waals surface area contributed by atoms with Gasteiger partial charge in [-0.25, -0.2) is 9.69 Å². The van der Waals surface area contributed by atoms with Crippen LogP contribution in [0, 0.1) is 6.92 Å². The van der Waals surface area contributed by atoms with Crippen molar-refractivity contribution in [2.45, 2.75) is 19.6 Å². The molecular weight excluding hydrogens is 389 g/mol. The second kappa shape index (κ2) is 7.50. The van der Waals surface area contributed by atoms with E-state index in [4.69, 9.17) is 0 Å². The highest BCUT2D eigenvalue weighted by molar-refractivity contribution is 6.45. The first-order valence-electron chi connectivity index (χ1n) is 8.51. The second-order valence-electron chi connectivity index (χ2n) is 6.55. The molecule has 1 heterocycles. The minimum absolute atomic E-state index is 0.0287. The number of hydrogen-bond donors (Lipinski definition) is 0. The van der Waals surface area contributed by atoms with Gasteiger partial charge >= 0.3 is 24.0 Å². The number of ketones is 1. The van der Waals surface area contributed by atoms with Gasteiger partial charge in [0.15, 0.2) is 5.78 Å². The number of halogens is 3. The number of rotatable bonds is 5. The highest BCUT2D eigenvalue weighted by atomic mass is 19.4. The summed E-state index contributed by atoms with van der Waals surface area (Å²) in [5.74, 6) is -2.92. The molecule has 0 spiro atoms. The lowest BCUT2D eigenvalue weighted by Gasteiger charge is -2.16. The number of hydrogen-bond acceptors (Lipinski definition) is 4. The predicted molar refractivity (Wildman–Crippen MR) is 94.6 cm³/mol. The van der Waals surface area contributed by atoms with Crippen LogP contribution in [-0.2, 0) is 22.3 Å². The van der Waals surface area contributed by atoms with Crippen LogP contribution >= 0.6 is 0 Å². The Morgan fingerprint density at radius 3 is 2.17 bits per heavy atom. The number of urea groups is 1. The third-order valence-electron chi connectivity index (χ3n) is 4.41. The Labute approximate surface area is 163 Å². The van der Waals surface area contributed by atoms with E-state index in [9.17, 15) is 32.3 Å². The van der Waals surface area contributed by atoms with E-state index in [2.05, 4.69) is 0 Å². The van der Waals surface area contributed by atoms with Gasteiger partial charge in [-0.15, -0.1) is 0 Å². The van der Waals surface area contributed by atoms with Crippen molar-refractivity contribution in [1.82, 2.24) is 9.80 Å².